The second-order valence-corrected chi connectivity index (χ2v) is 12.0. The van der Waals surface area contributed by atoms with Gasteiger partial charge >= 0.3 is 0 Å². The maximum Gasteiger partial charge on any atom is 0.266 e. The highest BCUT2D eigenvalue weighted by Crippen LogP contribution is 2.45. The number of rotatable bonds is 16. The van der Waals surface area contributed by atoms with Crippen molar-refractivity contribution in [3.8, 4) is 23.0 Å². The van der Waals surface area contributed by atoms with E-state index in [-0.39, 0.29) is 25.5 Å². The van der Waals surface area contributed by atoms with E-state index in [0.717, 1.165) is 21.2 Å². The van der Waals surface area contributed by atoms with E-state index in [0.29, 0.717) is 47.5 Å². The number of halogens is 1. The van der Waals surface area contributed by atoms with E-state index in [1.54, 1.807) is 21.3 Å². The van der Waals surface area contributed by atoms with Crippen LogP contribution in [-0.2, 0) is 16.1 Å². The molecule has 0 aromatic heterocycles. The lowest BCUT2D eigenvalue weighted by Crippen LogP contribution is -2.52. The summed E-state index contributed by atoms with van der Waals surface area (Å²) in [5.74, 6) is 2.10. The molecule has 11 heteroatoms. The summed E-state index contributed by atoms with van der Waals surface area (Å²) in [7, 11) is 4.66. The first-order valence-electron chi connectivity index (χ1n) is 15.8. The number of aliphatic hydroxyl groups excluding tert-OH is 1. The number of carbonyl (C=O) groups excluding carboxylic acids is 1. The average Bonchev–Trinajstić information content (AvgIpc) is 3.52. The van der Waals surface area contributed by atoms with Gasteiger partial charge in [-0.1, -0.05) is 76.6 Å². The molecule has 1 heterocycles. The third-order valence-electron chi connectivity index (χ3n) is 7.98. The SMILES string of the molecule is COc1cc(CNNC(=O)[C@@]2(C/C=C/c3ccccc3)N=C(c3ccc(OCCCO)cc3)O[C@H]2c2ccccc2Br)cc(OC)c1OC. The Morgan fingerprint density at radius 1 is 0.959 bits per heavy atom. The van der Waals surface area contributed by atoms with Crippen LogP contribution in [0.2, 0.25) is 0 Å². The van der Waals surface area contributed by atoms with E-state index >= 15 is 0 Å². The predicted molar refractivity (Wildman–Crippen MR) is 192 cm³/mol. The van der Waals surface area contributed by atoms with Gasteiger partial charge in [0, 0.05) is 41.6 Å². The zero-order chi connectivity index (χ0) is 34.6. The van der Waals surface area contributed by atoms with Crippen molar-refractivity contribution in [3.63, 3.8) is 0 Å². The Kier molecular flexibility index (Phi) is 12.3. The van der Waals surface area contributed by atoms with Gasteiger partial charge in [0.1, 0.15) is 5.75 Å². The quantitative estimate of drug-likeness (QED) is 0.0894. The Bertz CT molecular complexity index is 1740. The molecule has 10 nitrogen and oxygen atoms in total. The lowest BCUT2D eigenvalue weighted by Gasteiger charge is -2.30. The molecule has 1 aliphatic rings. The maximum absolute atomic E-state index is 14.5. The van der Waals surface area contributed by atoms with Gasteiger partial charge in [-0.25, -0.2) is 10.4 Å². The monoisotopic (exact) mass is 729 g/mol. The standard InChI is InChI=1S/C38H40BrN3O7/c1-45-32-23-27(24-33(46-2)34(32)47-3)25-40-42-37(44)38(20-9-13-26-11-5-4-6-12-26)35(30-14-7-8-15-31(30)39)49-36(41-38)28-16-18-29(19-17-28)48-22-10-21-43/h4-9,11-19,23-24,35,40,43H,10,20-22,25H2,1-3H3,(H,42,44)/b13-9+/t35-,38-/m0/s1. The lowest BCUT2D eigenvalue weighted by atomic mass is 9.84. The molecule has 0 aliphatic carbocycles. The highest BCUT2D eigenvalue weighted by Gasteiger charge is 2.53. The van der Waals surface area contributed by atoms with Crippen LogP contribution in [0.4, 0.5) is 0 Å². The molecular weight excluding hydrogens is 690 g/mol. The van der Waals surface area contributed by atoms with E-state index in [9.17, 15) is 4.79 Å². The number of hydrogen-bond acceptors (Lipinski definition) is 9. The lowest BCUT2D eigenvalue weighted by molar-refractivity contribution is -0.129. The van der Waals surface area contributed by atoms with E-state index < -0.39 is 11.6 Å². The summed E-state index contributed by atoms with van der Waals surface area (Å²) < 4.78 is 29.6. The molecule has 256 valence electrons. The Morgan fingerprint density at radius 3 is 2.31 bits per heavy atom. The van der Waals surface area contributed by atoms with Crippen molar-refractivity contribution >= 4 is 33.8 Å². The number of aliphatic hydroxyl groups is 1. The first-order chi connectivity index (χ1) is 23.9. The summed E-state index contributed by atoms with van der Waals surface area (Å²) >= 11 is 3.69. The van der Waals surface area contributed by atoms with E-state index in [1.807, 2.05) is 103 Å². The molecule has 0 saturated carbocycles. The Hall–Kier alpha value is -4.84. The van der Waals surface area contributed by atoms with Crippen LogP contribution in [0.5, 0.6) is 23.0 Å². The van der Waals surface area contributed by atoms with Gasteiger partial charge in [0.25, 0.3) is 5.91 Å². The number of hydrazine groups is 1. The van der Waals surface area contributed by atoms with Gasteiger partial charge in [0.15, 0.2) is 23.1 Å². The molecule has 1 aliphatic heterocycles. The Balaban J connectivity index is 1.49. The van der Waals surface area contributed by atoms with Crippen LogP contribution in [0, 0.1) is 0 Å². The van der Waals surface area contributed by atoms with Gasteiger partial charge in [-0.3, -0.25) is 10.2 Å². The molecule has 0 fully saturated rings. The zero-order valence-corrected chi connectivity index (χ0v) is 29.2. The predicted octanol–water partition coefficient (Wildman–Crippen LogP) is 6.42. The molecule has 0 spiro atoms. The van der Waals surface area contributed by atoms with Crippen molar-refractivity contribution in [1.82, 2.24) is 10.9 Å². The number of aliphatic imine (C=N–C) groups is 1. The highest BCUT2D eigenvalue weighted by molar-refractivity contribution is 9.10. The number of methoxy groups -OCH3 is 3. The van der Waals surface area contributed by atoms with Crippen LogP contribution in [0.25, 0.3) is 6.08 Å². The molecule has 4 aromatic rings. The summed E-state index contributed by atoms with van der Waals surface area (Å²) in [5, 5.41) is 9.09. The molecule has 1 amide bonds. The van der Waals surface area contributed by atoms with Crippen molar-refractivity contribution in [2.24, 2.45) is 4.99 Å². The molecule has 3 N–H and O–H groups in total. The average molecular weight is 731 g/mol. The third-order valence-corrected chi connectivity index (χ3v) is 8.70. The fourth-order valence-electron chi connectivity index (χ4n) is 5.49. The van der Waals surface area contributed by atoms with Crippen molar-refractivity contribution < 1.29 is 33.6 Å². The fourth-order valence-corrected chi connectivity index (χ4v) is 5.98. The van der Waals surface area contributed by atoms with Crippen LogP contribution in [0.1, 0.15) is 41.2 Å². The fraction of sp³-hybridized carbons (Fsp3) is 0.263. The highest BCUT2D eigenvalue weighted by atomic mass is 79.9. The molecule has 5 rings (SSSR count). The number of carbonyl (C=O) groups is 1. The van der Waals surface area contributed by atoms with Crippen LogP contribution in [0.3, 0.4) is 0 Å². The maximum atomic E-state index is 14.5. The minimum absolute atomic E-state index is 0.0549. The summed E-state index contributed by atoms with van der Waals surface area (Å²) in [5.41, 5.74) is 7.86. The molecule has 0 bridgehead atoms. The summed E-state index contributed by atoms with van der Waals surface area (Å²) in [4.78, 5) is 19.6. The second-order valence-electron chi connectivity index (χ2n) is 11.2. The molecule has 4 aromatic carbocycles. The number of ether oxygens (including phenoxy) is 5. The Morgan fingerprint density at radius 2 is 1.65 bits per heavy atom. The largest absolute Gasteiger partial charge is 0.494 e. The van der Waals surface area contributed by atoms with Crippen LogP contribution in [0.15, 0.2) is 107 Å². The molecule has 2 atom stereocenters. The zero-order valence-electron chi connectivity index (χ0n) is 27.6. The van der Waals surface area contributed by atoms with Crippen molar-refractivity contribution in [1.29, 1.82) is 0 Å². The van der Waals surface area contributed by atoms with E-state index in [2.05, 4.69) is 26.8 Å². The van der Waals surface area contributed by atoms with Crippen LogP contribution >= 0.6 is 15.9 Å². The number of amides is 1. The van der Waals surface area contributed by atoms with Crippen molar-refractivity contribution in [2.75, 3.05) is 34.5 Å². The normalized spacial score (nSPS) is 16.9. The first kappa shape index (κ1) is 35.5. The van der Waals surface area contributed by atoms with E-state index in [1.165, 1.54) is 0 Å². The van der Waals surface area contributed by atoms with Gasteiger partial charge in [0.2, 0.25) is 11.6 Å². The van der Waals surface area contributed by atoms with E-state index in [4.69, 9.17) is 33.8 Å². The molecule has 49 heavy (non-hydrogen) atoms. The van der Waals surface area contributed by atoms with Crippen LogP contribution < -0.4 is 29.8 Å². The molecule has 0 unspecified atom stereocenters. The first-order valence-corrected chi connectivity index (χ1v) is 16.6. The number of nitrogens with one attached hydrogen (secondary N) is 2. The third kappa shape index (κ3) is 8.43. The number of benzene rings is 4. The summed E-state index contributed by atoms with van der Waals surface area (Å²) in [6, 6.07) is 28.5. The molecule has 0 radical (unpaired) electrons. The van der Waals surface area contributed by atoms with Crippen LogP contribution in [-0.4, -0.2) is 57.0 Å². The topological polar surface area (TPSA) is 120 Å². The second kappa shape index (κ2) is 17.0. The van der Waals surface area contributed by atoms with Gasteiger partial charge in [-0.15, -0.1) is 0 Å². The summed E-state index contributed by atoms with van der Waals surface area (Å²) in [6.45, 7) is 0.712. The van der Waals surface area contributed by atoms with Gasteiger partial charge in [-0.2, -0.15) is 0 Å². The minimum Gasteiger partial charge on any atom is -0.494 e. The number of nitrogens with zero attached hydrogens (tertiary/aromatic N) is 1. The molecular formula is C38H40BrN3O7. The van der Waals surface area contributed by atoms with Gasteiger partial charge in [-0.05, 0) is 53.6 Å². The van der Waals surface area contributed by atoms with Crippen molar-refractivity contribution in [3.05, 3.63) is 124 Å². The molecule has 0 saturated heterocycles. The Labute approximate surface area is 294 Å². The number of hydrogen-bond donors (Lipinski definition) is 3. The van der Waals surface area contributed by atoms with Gasteiger partial charge < -0.3 is 28.8 Å². The summed E-state index contributed by atoms with van der Waals surface area (Å²) in [6.07, 6.45) is 3.92. The van der Waals surface area contributed by atoms with Gasteiger partial charge in [0.05, 0.1) is 27.9 Å². The smallest absolute Gasteiger partial charge is 0.266 e. The van der Waals surface area contributed by atoms with Crippen molar-refractivity contribution in [2.45, 2.75) is 31.0 Å². The minimum atomic E-state index is -1.40.